The average molecular weight is 494 g/mol. The summed E-state index contributed by atoms with van der Waals surface area (Å²) in [6.45, 7) is 4.96. The van der Waals surface area contributed by atoms with E-state index in [0.717, 1.165) is 62.0 Å². The number of aryl methyl sites for hydroxylation is 1. The van der Waals surface area contributed by atoms with E-state index in [1.54, 1.807) is 0 Å². The minimum atomic E-state index is -0.418. The summed E-state index contributed by atoms with van der Waals surface area (Å²) in [5.41, 5.74) is 5.05. The molecule has 2 heterocycles. The first-order chi connectivity index (χ1) is 18.1. The number of carbonyl (C=O) groups excluding carboxylic acids is 2. The fraction of sp³-hybridized carbons (Fsp3) is 0.375. The SMILES string of the molecule is Cc1cccc([C@H]2[C@@H](C(=O)NC3CCN(Cc4ccccc4)CC3)c3ccccc3C(=O)N2C2CC2)c1. The number of hydrogen-bond acceptors (Lipinski definition) is 3. The monoisotopic (exact) mass is 493 g/mol. The summed E-state index contributed by atoms with van der Waals surface area (Å²) < 4.78 is 0. The number of likely N-dealkylation sites (tertiary alicyclic amines) is 1. The molecule has 0 radical (unpaired) electrons. The van der Waals surface area contributed by atoms with E-state index in [9.17, 15) is 9.59 Å². The Morgan fingerprint density at radius 1 is 0.892 bits per heavy atom. The number of amides is 2. The fourth-order valence-electron chi connectivity index (χ4n) is 6.16. The minimum Gasteiger partial charge on any atom is -0.353 e. The summed E-state index contributed by atoms with van der Waals surface area (Å²) in [4.78, 5) is 32.3. The van der Waals surface area contributed by atoms with Crippen molar-refractivity contribution in [1.82, 2.24) is 15.1 Å². The molecule has 1 N–H and O–H groups in total. The molecule has 2 atom stereocenters. The van der Waals surface area contributed by atoms with Gasteiger partial charge in [-0.1, -0.05) is 78.4 Å². The van der Waals surface area contributed by atoms with E-state index >= 15 is 0 Å². The molecule has 0 unspecified atom stereocenters. The van der Waals surface area contributed by atoms with E-state index in [1.807, 2.05) is 35.2 Å². The van der Waals surface area contributed by atoms with Crippen LogP contribution in [0.2, 0.25) is 0 Å². The van der Waals surface area contributed by atoms with Gasteiger partial charge in [0.2, 0.25) is 5.91 Å². The van der Waals surface area contributed by atoms with E-state index in [2.05, 4.69) is 65.7 Å². The Kier molecular flexibility index (Phi) is 6.56. The second-order valence-electron chi connectivity index (χ2n) is 10.9. The number of rotatable bonds is 6. The molecule has 0 spiro atoms. The van der Waals surface area contributed by atoms with E-state index in [4.69, 9.17) is 0 Å². The normalized spacial score (nSPS) is 22.5. The van der Waals surface area contributed by atoms with Gasteiger partial charge in [0.15, 0.2) is 0 Å². The van der Waals surface area contributed by atoms with Gasteiger partial charge in [-0.25, -0.2) is 0 Å². The molecule has 190 valence electrons. The van der Waals surface area contributed by atoms with Crippen LogP contribution < -0.4 is 5.32 Å². The van der Waals surface area contributed by atoms with Gasteiger partial charge in [0.25, 0.3) is 5.91 Å². The molecule has 5 nitrogen and oxygen atoms in total. The first-order valence-electron chi connectivity index (χ1n) is 13.6. The Bertz CT molecular complexity index is 1280. The van der Waals surface area contributed by atoms with Crippen molar-refractivity contribution in [1.29, 1.82) is 0 Å². The highest BCUT2D eigenvalue weighted by molar-refractivity contribution is 6.01. The van der Waals surface area contributed by atoms with Crippen LogP contribution in [0.15, 0.2) is 78.9 Å². The van der Waals surface area contributed by atoms with Crippen LogP contribution in [0.25, 0.3) is 0 Å². The predicted octanol–water partition coefficient (Wildman–Crippen LogP) is 5.22. The van der Waals surface area contributed by atoms with Gasteiger partial charge in [0.05, 0.1) is 12.0 Å². The average Bonchev–Trinajstić information content (AvgIpc) is 3.75. The summed E-state index contributed by atoms with van der Waals surface area (Å²) in [5.74, 6) is -0.319. The Morgan fingerprint density at radius 3 is 2.35 bits per heavy atom. The van der Waals surface area contributed by atoms with Crippen molar-refractivity contribution in [3.8, 4) is 0 Å². The first-order valence-corrected chi connectivity index (χ1v) is 13.6. The van der Waals surface area contributed by atoms with E-state index < -0.39 is 5.92 Å². The molecule has 5 heteroatoms. The Hall–Kier alpha value is -3.44. The number of nitrogens with one attached hydrogen (secondary N) is 1. The fourth-order valence-corrected chi connectivity index (χ4v) is 6.16. The summed E-state index contributed by atoms with van der Waals surface area (Å²) >= 11 is 0. The molecule has 3 aromatic carbocycles. The summed E-state index contributed by atoms with van der Waals surface area (Å²) in [7, 11) is 0. The Balaban J connectivity index is 1.25. The van der Waals surface area contributed by atoms with Gasteiger partial charge in [0.1, 0.15) is 0 Å². The van der Waals surface area contributed by atoms with Crippen LogP contribution in [0.4, 0.5) is 0 Å². The first kappa shape index (κ1) is 23.9. The molecule has 3 aliphatic rings. The highest BCUT2D eigenvalue weighted by atomic mass is 16.2. The van der Waals surface area contributed by atoms with Gasteiger partial charge < -0.3 is 10.2 Å². The summed E-state index contributed by atoms with van der Waals surface area (Å²) in [5, 5.41) is 3.42. The topological polar surface area (TPSA) is 52.7 Å². The molecule has 2 fully saturated rings. The molecule has 1 saturated heterocycles. The molecule has 2 aliphatic heterocycles. The lowest BCUT2D eigenvalue weighted by Crippen LogP contribution is -2.51. The second-order valence-corrected chi connectivity index (χ2v) is 10.9. The lowest BCUT2D eigenvalue weighted by atomic mass is 9.78. The van der Waals surface area contributed by atoms with Gasteiger partial charge in [-0.15, -0.1) is 0 Å². The number of hydrogen-bond donors (Lipinski definition) is 1. The van der Waals surface area contributed by atoms with Crippen molar-refractivity contribution in [2.24, 2.45) is 0 Å². The van der Waals surface area contributed by atoms with Crippen LogP contribution in [0.3, 0.4) is 0 Å². The molecule has 0 aromatic heterocycles. The number of fused-ring (bicyclic) bond motifs is 1. The van der Waals surface area contributed by atoms with Gasteiger partial charge in [-0.3, -0.25) is 14.5 Å². The molecule has 6 rings (SSSR count). The van der Waals surface area contributed by atoms with Gasteiger partial charge >= 0.3 is 0 Å². The lowest BCUT2D eigenvalue weighted by molar-refractivity contribution is -0.125. The number of carbonyl (C=O) groups is 2. The van der Waals surface area contributed by atoms with Crippen LogP contribution in [0, 0.1) is 6.92 Å². The van der Waals surface area contributed by atoms with Crippen LogP contribution in [0.1, 0.15) is 70.3 Å². The number of benzene rings is 3. The maximum Gasteiger partial charge on any atom is 0.254 e. The Labute approximate surface area is 219 Å². The molecular weight excluding hydrogens is 458 g/mol. The molecule has 37 heavy (non-hydrogen) atoms. The van der Waals surface area contributed by atoms with Gasteiger partial charge in [-0.2, -0.15) is 0 Å². The number of nitrogens with zero attached hydrogens (tertiary/aromatic N) is 2. The van der Waals surface area contributed by atoms with Crippen molar-refractivity contribution in [3.63, 3.8) is 0 Å². The van der Waals surface area contributed by atoms with Crippen LogP contribution in [-0.4, -0.2) is 46.8 Å². The minimum absolute atomic E-state index is 0.0404. The Morgan fingerprint density at radius 2 is 1.62 bits per heavy atom. The van der Waals surface area contributed by atoms with E-state index in [-0.39, 0.29) is 29.9 Å². The highest BCUT2D eigenvalue weighted by Gasteiger charge is 2.49. The second kappa shape index (κ2) is 10.1. The molecule has 1 saturated carbocycles. The third-order valence-electron chi connectivity index (χ3n) is 8.17. The zero-order chi connectivity index (χ0) is 25.4. The van der Waals surface area contributed by atoms with Gasteiger partial charge in [0, 0.05) is 37.3 Å². The largest absolute Gasteiger partial charge is 0.353 e. The van der Waals surface area contributed by atoms with Crippen molar-refractivity contribution in [2.45, 2.75) is 63.2 Å². The van der Waals surface area contributed by atoms with Crippen molar-refractivity contribution >= 4 is 11.8 Å². The lowest BCUT2D eigenvalue weighted by Gasteiger charge is -2.43. The van der Waals surface area contributed by atoms with Crippen molar-refractivity contribution in [2.75, 3.05) is 13.1 Å². The molecule has 0 bridgehead atoms. The summed E-state index contributed by atoms with van der Waals surface area (Å²) in [6, 6.07) is 26.7. The molecule has 1 aliphatic carbocycles. The van der Waals surface area contributed by atoms with E-state index in [0.29, 0.717) is 5.56 Å². The zero-order valence-electron chi connectivity index (χ0n) is 21.5. The van der Waals surface area contributed by atoms with Crippen LogP contribution in [-0.2, 0) is 11.3 Å². The molecular formula is C32H35N3O2. The van der Waals surface area contributed by atoms with Crippen LogP contribution >= 0.6 is 0 Å². The predicted molar refractivity (Wildman–Crippen MR) is 145 cm³/mol. The summed E-state index contributed by atoms with van der Waals surface area (Å²) in [6.07, 6.45) is 3.88. The molecule has 3 aromatic rings. The standard InChI is InChI=1S/C32H35N3O2/c1-22-8-7-11-24(20-22)30-29(27-12-5-6-13-28(27)32(37)35(30)26-14-15-26)31(36)33-25-16-18-34(19-17-25)21-23-9-3-2-4-10-23/h2-13,20,25-26,29-30H,14-19,21H2,1H3,(H,33,36)/t29-,30-/m0/s1. The van der Waals surface area contributed by atoms with Gasteiger partial charge in [-0.05, 0) is 55.4 Å². The van der Waals surface area contributed by atoms with Crippen LogP contribution in [0.5, 0.6) is 0 Å². The smallest absolute Gasteiger partial charge is 0.254 e. The number of piperidine rings is 1. The maximum atomic E-state index is 14.1. The third-order valence-corrected chi connectivity index (χ3v) is 8.17. The third kappa shape index (κ3) is 4.93. The highest BCUT2D eigenvalue weighted by Crippen LogP contribution is 2.47. The quantitative estimate of drug-likeness (QED) is 0.512. The van der Waals surface area contributed by atoms with Crippen molar-refractivity contribution in [3.05, 3.63) is 107 Å². The van der Waals surface area contributed by atoms with E-state index in [1.165, 1.54) is 5.56 Å². The zero-order valence-corrected chi connectivity index (χ0v) is 21.5. The van der Waals surface area contributed by atoms with Crippen molar-refractivity contribution < 1.29 is 9.59 Å². The molecule has 2 amide bonds. The maximum absolute atomic E-state index is 14.1.